The predicted molar refractivity (Wildman–Crippen MR) is 67.5 cm³/mol. The molecule has 1 aliphatic heterocycles. The quantitative estimate of drug-likeness (QED) is 0.740. The second kappa shape index (κ2) is 4.64. The number of aryl methyl sites for hydroxylation is 1. The molecule has 2 unspecified atom stereocenters. The number of benzene rings is 1. The number of hydrogen-bond donors (Lipinski definition) is 0. The number of alkyl halides is 1. The summed E-state index contributed by atoms with van der Waals surface area (Å²) >= 11 is 12.0. The van der Waals surface area contributed by atoms with E-state index in [1.165, 1.54) is 0 Å². The number of rotatable bonds is 2. The zero-order chi connectivity index (χ0) is 11.7. The van der Waals surface area contributed by atoms with Gasteiger partial charge in [0.1, 0.15) is 6.10 Å². The van der Waals surface area contributed by atoms with Crippen molar-refractivity contribution in [3.05, 3.63) is 34.3 Å². The van der Waals surface area contributed by atoms with Crippen molar-refractivity contribution in [3.8, 4) is 0 Å². The Bertz CT molecular complexity index is 429. The van der Waals surface area contributed by atoms with Gasteiger partial charge in [0.2, 0.25) is 0 Å². The highest BCUT2D eigenvalue weighted by atomic mass is 35.5. The molecule has 2 atom stereocenters. The van der Waals surface area contributed by atoms with Gasteiger partial charge in [-0.3, -0.25) is 0 Å². The summed E-state index contributed by atoms with van der Waals surface area (Å²) in [5.74, 6) is 0. The molecule has 1 aromatic rings. The lowest BCUT2D eigenvalue weighted by Crippen LogP contribution is -2.18. The fourth-order valence-electron chi connectivity index (χ4n) is 1.59. The topological polar surface area (TPSA) is 21.6 Å². The molecule has 0 saturated carbocycles. The van der Waals surface area contributed by atoms with E-state index < -0.39 is 0 Å². The highest BCUT2D eigenvalue weighted by Crippen LogP contribution is 2.24. The fraction of sp³-hybridized carbons (Fsp3) is 0.417. The Morgan fingerprint density at radius 1 is 1.50 bits per heavy atom. The monoisotopic (exact) mass is 257 g/mol. The molecule has 2 nitrogen and oxygen atoms in total. The van der Waals surface area contributed by atoms with Gasteiger partial charge >= 0.3 is 0 Å². The van der Waals surface area contributed by atoms with Crippen LogP contribution in [0.4, 0.5) is 0 Å². The molecule has 1 aromatic carbocycles. The lowest BCUT2D eigenvalue weighted by molar-refractivity contribution is 0.0855. The SMILES string of the molecule is Cc1ccc(C2=NOC(C(C)Cl)C2)cc1Cl. The van der Waals surface area contributed by atoms with Crippen LogP contribution in [0, 0.1) is 6.92 Å². The van der Waals surface area contributed by atoms with E-state index in [-0.39, 0.29) is 11.5 Å². The van der Waals surface area contributed by atoms with Crippen LogP contribution in [-0.4, -0.2) is 17.2 Å². The molecule has 1 aliphatic rings. The molecule has 0 aliphatic carbocycles. The summed E-state index contributed by atoms with van der Waals surface area (Å²) < 4.78 is 0. The molecule has 0 aromatic heterocycles. The largest absolute Gasteiger partial charge is 0.390 e. The van der Waals surface area contributed by atoms with E-state index >= 15 is 0 Å². The van der Waals surface area contributed by atoms with E-state index in [2.05, 4.69) is 5.16 Å². The van der Waals surface area contributed by atoms with Crippen LogP contribution in [0.5, 0.6) is 0 Å². The summed E-state index contributed by atoms with van der Waals surface area (Å²) in [5.41, 5.74) is 2.99. The van der Waals surface area contributed by atoms with Crippen LogP contribution in [0.3, 0.4) is 0 Å². The van der Waals surface area contributed by atoms with Crippen LogP contribution in [0.15, 0.2) is 23.4 Å². The Hall–Kier alpha value is -0.730. The molecule has 0 bridgehead atoms. The van der Waals surface area contributed by atoms with E-state index in [1.807, 2.05) is 32.0 Å². The van der Waals surface area contributed by atoms with Crippen LogP contribution in [0.1, 0.15) is 24.5 Å². The second-order valence-electron chi connectivity index (χ2n) is 4.03. The van der Waals surface area contributed by atoms with Crippen LogP contribution < -0.4 is 0 Å². The summed E-state index contributed by atoms with van der Waals surface area (Å²) in [4.78, 5) is 5.26. The average molecular weight is 258 g/mol. The van der Waals surface area contributed by atoms with Crippen molar-refractivity contribution in [2.75, 3.05) is 0 Å². The van der Waals surface area contributed by atoms with Crippen molar-refractivity contribution in [1.82, 2.24) is 0 Å². The Morgan fingerprint density at radius 3 is 2.81 bits per heavy atom. The molecular weight excluding hydrogens is 245 g/mol. The summed E-state index contributed by atoms with van der Waals surface area (Å²) in [6.45, 7) is 3.88. The molecule has 4 heteroatoms. The van der Waals surface area contributed by atoms with E-state index in [0.29, 0.717) is 0 Å². The number of hydrogen-bond acceptors (Lipinski definition) is 2. The third-order valence-electron chi connectivity index (χ3n) is 2.71. The van der Waals surface area contributed by atoms with Gasteiger partial charge < -0.3 is 4.84 Å². The smallest absolute Gasteiger partial charge is 0.149 e. The first-order valence-electron chi connectivity index (χ1n) is 5.21. The van der Waals surface area contributed by atoms with Gasteiger partial charge in [0.15, 0.2) is 0 Å². The zero-order valence-electron chi connectivity index (χ0n) is 9.21. The van der Waals surface area contributed by atoms with Gasteiger partial charge in [0.25, 0.3) is 0 Å². The molecule has 0 N–H and O–H groups in total. The molecule has 2 rings (SSSR count). The van der Waals surface area contributed by atoms with E-state index in [0.717, 1.165) is 28.3 Å². The van der Waals surface area contributed by atoms with Gasteiger partial charge in [-0.05, 0) is 25.5 Å². The van der Waals surface area contributed by atoms with E-state index in [4.69, 9.17) is 28.0 Å². The third kappa shape index (κ3) is 2.33. The maximum absolute atomic E-state index is 6.07. The van der Waals surface area contributed by atoms with Gasteiger partial charge in [-0.15, -0.1) is 11.6 Å². The predicted octanol–water partition coefficient (Wildman–Crippen LogP) is 3.77. The summed E-state index contributed by atoms with van der Waals surface area (Å²) in [6, 6.07) is 5.91. The molecule has 86 valence electrons. The normalized spacial score (nSPS) is 21.5. The van der Waals surface area contributed by atoms with Gasteiger partial charge in [-0.25, -0.2) is 0 Å². The summed E-state index contributed by atoms with van der Waals surface area (Å²) in [5, 5.41) is 4.77. The van der Waals surface area contributed by atoms with E-state index in [9.17, 15) is 0 Å². The average Bonchev–Trinajstić information content (AvgIpc) is 2.71. The lowest BCUT2D eigenvalue weighted by Gasteiger charge is -2.09. The molecule has 0 fully saturated rings. The maximum Gasteiger partial charge on any atom is 0.149 e. The standard InChI is InChI=1S/C12H13Cl2NO/c1-7-3-4-9(5-10(7)14)11-6-12(8(2)13)16-15-11/h3-5,8,12H,6H2,1-2H3. The molecule has 0 amide bonds. The second-order valence-corrected chi connectivity index (χ2v) is 5.12. The zero-order valence-corrected chi connectivity index (χ0v) is 10.7. The Balaban J connectivity index is 2.18. The van der Waals surface area contributed by atoms with Crippen molar-refractivity contribution in [2.24, 2.45) is 5.16 Å². The third-order valence-corrected chi connectivity index (χ3v) is 3.40. The first-order chi connectivity index (χ1) is 7.58. The first kappa shape index (κ1) is 11.7. The van der Waals surface area contributed by atoms with Gasteiger partial charge in [-0.2, -0.15) is 0 Å². The number of oxime groups is 1. The molecule has 0 radical (unpaired) electrons. The highest BCUT2D eigenvalue weighted by molar-refractivity contribution is 6.31. The Labute approximate surface area is 105 Å². The number of nitrogens with zero attached hydrogens (tertiary/aromatic N) is 1. The van der Waals surface area contributed by atoms with Gasteiger partial charge in [0.05, 0.1) is 11.1 Å². The molecular formula is C12H13Cl2NO. The van der Waals surface area contributed by atoms with Gasteiger partial charge in [-0.1, -0.05) is 28.9 Å². The minimum atomic E-state index is -0.0397. The first-order valence-corrected chi connectivity index (χ1v) is 6.02. The fourth-order valence-corrected chi connectivity index (χ4v) is 1.90. The van der Waals surface area contributed by atoms with Gasteiger partial charge in [0, 0.05) is 17.0 Å². The molecule has 0 spiro atoms. The van der Waals surface area contributed by atoms with Crippen molar-refractivity contribution in [3.63, 3.8) is 0 Å². The summed E-state index contributed by atoms with van der Waals surface area (Å²) in [7, 11) is 0. The Kier molecular flexibility index (Phi) is 3.41. The maximum atomic E-state index is 6.07. The van der Waals surface area contributed by atoms with Crippen LogP contribution in [-0.2, 0) is 4.84 Å². The minimum absolute atomic E-state index is 0.0308. The molecule has 1 heterocycles. The van der Waals surface area contributed by atoms with Crippen molar-refractivity contribution < 1.29 is 4.84 Å². The number of halogens is 2. The van der Waals surface area contributed by atoms with E-state index in [1.54, 1.807) is 0 Å². The van der Waals surface area contributed by atoms with Crippen molar-refractivity contribution in [1.29, 1.82) is 0 Å². The Morgan fingerprint density at radius 2 is 2.25 bits per heavy atom. The van der Waals surface area contributed by atoms with Crippen LogP contribution in [0.2, 0.25) is 5.02 Å². The molecule has 16 heavy (non-hydrogen) atoms. The van der Waals surface area contributed by atoms with Crippen molar-refractivity contribution >= 4 is 28.9 Å². The highest BCUT2D eigenvalue weighted by Gasteiger charge is 2.26. The summed E-state index contributed by atoms with van der Waals surface area (Å²) in [6.07, 6.45) is 0.709. The minimum Gasteiger partial charge on any atom is -0.390 e. The lowest BCUT2D eigenvalue weighted by atomic mass is 10.0. The van der Waals surface area contributed by atoms with Crippen LogP contribution >= 0.6 is 23.2 Å². The van der Waals surface area contributed by atoms with Crippen LogP contribution in [0.25, 0.3) is 0 Å². The van der Waals surface area contributed by atoms with Crippen molar-refractivity contribution in [2.45, 2.75) is 31.7 Å². The molecule has 0 saturated heterocycles.